The minimum atomic E-state index is -0.650. The first-order valence-corrected chi connectivity index (χ1v) is 7.82. The monoisotopic (exact) mass is 345 g/mol. The van der Waals surface area contributed by atoms with Crippen molar-refractivity contribution in [1.82, 2.24) is 9.78 Å². The van der Waals surface area contributed by atoms with E-state index in [4.69, 9.17) is 9.47 Å². The second kappa shape index (κ2) is 8.62. The van der Waals surface area contributed by atoms with Crippen LogP contribution in [-0.2, 0) is 19.1 Å². The van der Waals surface area contributed by atoms with Crippen LogP contribution in [-0.4, -0.2) is 40.8 Å². The van der Waals surface area contributed by atoms with Gasteiger partial charge in [0.15, 0.2) is 5.82 Å². The van der Waals surface area contributed by atoms with Crippen LogP contribution in [0, 0.1) is 0 Å². The van der Waals surface area contributed by atoms with Crippen LogP contribution in [0.5, 0.6) is 0 Å². The van der Waals surface area contributed by atoms with Gasteiger partial charge in [-0.25, -0.2) is 9.48 Å². The maximum atomic E-state index is 12.1. The fourth-order valence-electron chi connectivity index (χ4n) is 2.11. The molecule has 25 heavy (non-hydrogen) atoms. The molecule has 1 heterocycles. The molecule has 0 fully saturated rings. The van der Waals surface area contributed by atoms with Crippen LogP contribution >= 0.6 is 0 Å². The molecule has 0 aliphatic carbocycles. The molecule has 0 aliphatic rings. The normalized spacial score (nSPS) is 10.2. The number of hydrogen-bond acceptors (Lipinski definition) is 6. The summed E-state index contributed by atoms with van der Waals surface area (Å²) in [6, 6.07) is 8.96. The Morgan fingerprint density at radius 1 is 1.08 bits per heavy atom. The summed E-state index contributed by atoms with van der Waals surface area (Å²) < 4.78 is 11.1. The molecule has 0 bridgehead atoms. The highest BCUT2D eigenvalue weighted by Crippen LogP contribution is 2.21. The Kier molecular flexibility index (Phi) is 6.27. The van der Waals surface area contributed by atoms with E-state index in [0.29, 0.717) is 5.69 Å². The van der Waals surface area contributed by atoms with E-state index in [2.05, 4.69) is 10.4 Å². The number of amides is 1. The van der Waals surface area contributed by atoms with Gasteiger partial charge in [-0.2, -0.15) is 5.10 Å². The fraction of sp³-hybridized carbons (Fsp3) is 0.294. The lowest BCUT2D eigenvalue weighted by molar-refractivity contribution is -0.145. The Balaban J connectivity index is 2.32. The molecule has 0 aliphatic heterocycles. The number of carbonyl (C=O) groups is 3. The molecule has 132 valence electrons. The summed E-state index contributed by atoms with van der Waals surface area (Å²) in [7, 11) is 0. The maximum absolute atomic E-state index is 12.1. The van der Waals surface area contributed by atoms with E-state index in [1.54, 1.807) is 38.1 Å². The van der Waals surface area contributed by atoms with Crippen LogP contribution in [0.25, 0.3) is 5.69 Å². The lowest BCUT2D eigenvalue weighted by Crippen LogP contribution is -2.21. The quantitative estimate of drug-likeness (QED) is 0.608. The number of anilines is 1. The highest BCUT2D eigenvalue weighted by atomic mass is 16.5. The molecule has 2 aromatic rings. The zero-order valence-electron chi connectivity index (χ0n) is 14.0. The zero-order valence-corrected chi connectivity index (χ0v) is 14.0. The Morgan fingerprint density at radius 2 is 1.76 bits per heavy atom. The minimum Gasteiger partial charge on any atom is -0.466 e. The van der Waals surface area contributed by atoms with E-state index >= 15 is 0 Å². The Labute approximate surface area is 144 Å². The van der Waals surface area contributed by atoms with Crippen molar-refractivity contribution in [2.24, 2.45) is 0 Å². The minimum absolute atomic E-state index is 0.0999. The Morgan fingerprint density at radius 3 is 2.40 bits per heavy atom. The average Bonchev–Trinajstić information content (AvgIpc) is 2.99. The van der Waals surface area contributed by atoms with Crippen LogP contribution in [0.1, 0.15) is 30.6 Å². The van der Waals surface area contributed by atoms with Gasteiger partial charge in [-0.3, -0.25) is 9.59 Å². The summed E-state index contributed by atoms with van der Waals surface area (Å²) >= 11 is 0. The SMILES string of the molecule is CCOC(=O)CC(=O)Nc1c(C(=O)OCC)cnn1-c1ccccc1. The Hall–Kier alpha value is -3.16. The van der Waals surface area contributed by atoms with Crippen LogP contribution in [0.3, 0.4) is 0 Å². The van der Waals surface area contributed by atoms with E-state index in [0.717, 1.165) is 0 Å². The summed E-state index contributed by atoms with van der Waals surface area (Å²) in [5.41, 5.74) is 0.743. The van der Waals surface area contributed by atoms with Crippen molar-refractivity contribution in [3.05, 3.63) is 42.1 Å². The summed E-state index contributed by atoms with van der Waals surface area (Å²) in [4.78, 5) is 35.7. The summed E-state index contributed by atoms with van der Waals surface area (Å²) in [6.45, 7) is 3.70. The lowest BCUT2D eigenvalue weighted by Gasteiger charge is -2.11. The van der Waals surface area contributed by atoms with E-state index in [-0.39, 0.29) is 24.6 Å². The smallest absolute Gasteiger partial charge is 0.343 e. The standard InChI is InChI=1S/C17H19N3O5/c1-3-24-15(22)10-14(21)19-16-13(17(23)25-4-2)11-18-20(16)12-8-6-5-7-9-12/h5-9,11H,3-4,10H2,1-2H3,(H,19,21). The number of esters is 2. The van der Waals surface area contributed by atoms with Gasteiger partial charge in [0.25, 0.3) is 0 Å². The topological polar surface area (TPSA) is 99.5 Å². The third-order valence-corrected chi connectivity index (χ3v) is 3.13. The first kappa shape index (κ1) is 18.2. The highest BCUT2D eigenvalue weighted by molar-refractivity contribution is 6.05. The van der Waals surface area contributed by atoms with Crippen molar-refractivity contribution >= 4 is 23.7 Å². The summed E-state index contributed by atoms with van der Waals surface area (Å²) in [5.74, 6) is -1.74. The van der Waals surface area contributed by atoms with Gasteiger partial charge in [0, 0.05) is 0 Å². The maximum Gasteiger partial charge on any atom is 0.343 e. The Bertz CT molecular complexity index is 755. The van der Waals surface area contributed by atoms with Crippen LogP contribution < -0.4 is 5.32 Å². The summed E-state index contributed by atoms with van der Waals surface area (Å²) in [5, 5.41) is 6.69. The number of nitrogens with zero attached hydrogens (tertiary/aromatic N) is 2. The third-order valence-electron chi connectivity index (χ3n) is 3.13. The molecule has 1 N–H and O–H groups in total. The predicted molar refractivity (Wildman–Crippen MR) is 89.4 cm³/mol. The first-order chi connectivity index (χ1) is 12.1. The van der Waals surface area contributed by atoms with Crippen molar-refractivity contribution in [3.63, 3.8) is 0 Å². The third kappa shape index (κ3) is 4.66. The van der Waals surface area contributed by atoms with Crippen molar-refractivity contribution in [2.45, 2.75) is 20.3 Å². The van der Waals surface area contributed by atoms with Crippen molar-refractivity contribution in [2.75, 3.05) is 18.5 Å². The van der Waals surface area contributed by atoms with E-state index < -0.39 is 24.3 Å². The molecule has 1 aromatic heterocycles. The number of hydrogen-bond donors (Lipinski definition) is 1. The van der Waals surface area contributed by atoms with Gasteiger partial charge in [-0.05, 0) is 26.0 Å². The molecule has 8 heteroatoms. The van der Waals surface area contributed by atoms with Gasteiger partial charge in [0.05, 0.1) is 25.1 Å². The number of carbonyl (C=O) groups excluding carboxylic acids is 3. The second-order valence-corrected chi connectivity index (χ2v) is 4.90. The van der Waals surface area contributed by atoms with E-state index in [1.165, 1.54) is 10.9 Å². The van der Waals surface area contributed by atoms with Gasteiger partial charge in [-0.15, -0.1) is 0 Å². The number of rotatable bonds is 7. The molecule has 2 rings (SSSR count). The zero-order chi connectivity index (χ0) is 18.2. The molecule has 0 atom stereocenters. The summed E-state index contributed by atoms with van der Waals surface area (Å²) in [6.07, 6.45) is 0.848. The molecule has 1 amide bonds. The molecule has 0 unspecified atom stereocenters. The molecule has 0 radical (unpaired) electrons. The van der Waals surface area contributed by atoms with E-state index in [1.807, 2.05) is 6.07 Å². The number of aromatic nitrogens is 2. The number of benzene rings is 1. The highest BCUT2D eigenvalue weighted by Gasteiger charge is 2.22. The van der Waals surface area contributed by atoms with Crippen molar-refractivity contribution in [3.8, 4) is 5.69 Å². The molecule has 0 saturated carbocycles. The van der Waals surface area contributed by atoms with Gasteiger partial charge in [0.1, 0.15) is 12.0 Å². The van der Waals surface area contributed by atoms with Crippen LogP contribution in [0.15, 0.2) is 36.5 Å². The number of ether oxygens (including phenoxy) is 2. The molecule has 1 aromatic carbocycles. The van der Waals surface area contributed by atoms with Gasteiger partial charge >= 0.3 is 11.9 Å². The number of para-hydroxylation sites is 1. The van der Waals surface area contributed by atoms with Crippen LogP contribution in [0.2, 0.25) is 0 Å². The molecular formula is C17H19N3O5. The van der Waals surface area contributed by atoms with Gasteiger partial charge in [-0.1, -0.05) is 18.2 Å². The second-order valence-electron chi connectivity index (χ2n) is 4.90. The first-order valence-electron chi connectivity index (χ1n) is 7.82. The fourth-order valence-corrected chi connectivity index (χ4v) is 2.11. The predicted octanol–water partition coefficient (Wildman–Crippen LogP) is 1.94. The van der Waals surface area contributed by atoms with Crippen LogP contribution in [0.4, 0.5) is 5.82 Å². The molecular weight excluding hydrogens is 326 g/mol. The van der Waals surface area contributed by atoms with Gasteiger partial charge < -0.3 is 14.8 Å². The van der Waals surface area contributed by atoms with E-state index in [9.17, 15) is 14.4 Å². The number of nitrogens with one attached hydrogen (secondary N) is 1. The van der Waals surface area contributed by atoms with Gasteiger partial charge in [0.2, 0.25) is 5.91 Å². The lowest BCUT2D eigenvalue weighted by atomic mass is 10.3. The largest absolute Gasteiger partial charge is 0.466 e. The molecule has 0 spiro atoms. The van der Waals surface area contributed by atoms with Crippen molar-refractivity contribution in [1.29, 1.82) is 0 Å². The molecule has 0 saturated heterocycles. The molecule has 8 nitrogen and oxygen atoms in total. The average molecular weight is 345 g/mol. The van der Waals surface area contributed by atoms with Crippen molar-refractivity contribution < 1.29 is 23.9 Å².